The van der Waals surface area contributed by atoms with Crippen LogP contribution in [0.4, 0.5) is 0 Å². The van der Waals surface area contributed by atoms with Crippen LogP contribution in [0.15, 0.2) is 18.5 Å². The van der Waals surface area contributed by atoms with E-state index in [2.05, 4.69) is 41.3 Å². The lowest BCUT2D eigenvalue weighted by Gasteiger charge is -2.22. The first-order chi connectivity index (χ1) is 7.97. The van der Waals surface area contributed by atoms with Gasteiger partial charge in [0.15, 0.2) is 0 Å². The van der Waals surface area contributed by atoms with Crippen LogP contribution in [0.1, 0.15) is 32.6 Å². The molecule has 2 aromatic heterocycles. The Balaban J connectivity index is 2.19. The summed E-state index contributed by atoms with van der Waals surface area (Å²) >= 11 is 0. The first-order valence-corrected chi connectivity index (χ1v) is 5.68. The SMILES string of the molecule is CC(C)(C)NC[C@H](O)c1nccc2[nH]ncc12. The molecule has 0 amide bonds. The van der Waals surface area contributed by atoms with Crippen LogP contribution in [0.25, 0.3) is 10.9 Å². The molecule has 0 saturated heterocycles. The number of β-amino-alcohol motifs (C(OH)–C–C–N with tert-alkyl or cyclic N) is 1. The normalized spacial score (nSPS) is 14.1. The van der Waals surface area contributed by atoms with Gasteiger partial charge in [0.1, 0.15) is 6.10 Å². The third kappa shape index (κ3) is 2.81. The summed E-state index contributed by atoms with van der Waals surface area (Å²) < 4.78 is 0. The Morgan fingerprint density at radius 2 is 2.24 bits per heavy atom. The lowest BCUT2D eigenvalue weighted by molar-refractivity contribution is 0.160. The zero-order valence-corrected chi connectivity index (χ0v) is 10.4. The van der Waals surface area contributed by atoms with Crippen molar-refractivity contribution in [1.82, 2.24) is 20.5 Å². The summed E-state index contributed by atoms with van der Waals surface area (Å²) in [6.07, 6.45) is 2.74. The van der Waals surface area contributed by atoms with Crippen molar-refractivity contribution in [3.8, 4) is 0 Å². The topological polar surface area (TPSA) is 73.8 Å². The highest BCUT2D eigenvalue weighted by molar-refractivity contribution is 5.80. The molecule has 0 fully saturated rings. The van der Waals surface area contributed by atoms with E-state index in [1.807, 2.05) is 6.07 Å². The number of H-pyrrole nitrogens is 1. The van der Waals surface area contributed by atoms with E-state index < -0.39 is 6.10 Å². The van der Waals surface area contributed by atoms with Crippen LogP contribution in [-0.4, -0.2) is 32.4 Å². The molecule has 0 aliphatic heterocycles. The summed E-state index contributed by atoms with van der Waals surface area (Å²) in [7, 11) is 0. The molecule has 1 atom stereocenters. The monoisotopic (exact) mass is 234 g/mol. The van der Waals surface area contributed by atoms with Crippen LogP contribution in [0.3, 0.4) is 0 Å². The predicted octanol–water partition coefficient (Wildman–Crippen LogP) is 1.38. The van der Waals surface area contributed by atoms with Crippen LogP contribution < -0.4 is 5.32 Å². The number of aromatic amines is 1. The molecule has 17 heavy (non-hydrogen) atoms. The van der Waals surface area contributed by atoms with Gasteiger partial charge >= 0.3 is 0 Å². The molecule has 0 aliphatic rings. The van der Waals surface area contributed by atoms with Gasteiger partial charge in [0.25, 0.3) is 0 Å². The summed E-state index contributed by atoms with van der Waals surface area (Å²) in [6.45, 7) is 6.66. The summed E-state index contributed by atoms with van der Waals surface area (Å²) in [5.41, 5.74) is 1.53. The number of aliphatic hydroxyl groups excluding tert-OH is 1. The van der Waals surface area contributed by atoms with Crippen molar-refractivity contribution >= 4 is 10.9 Å². The fourth-order valence-electron chi connectivity index (χ4n) is 1.65. The van der Waals surface area contributed by atoms with Crippen molar-refractivity contribution in [3.63, 3.8) is 0 Å². The largest absolute Gasteiger partial charge is 0.385 e. The maximum absolute atomic E-state index is 10.1. The average Bonchev–Trinajstić information content (AvgIpc) is 2.72. The minimum absolute atomic E-state index is 0.0225. The van der Waals surface area contributed by atoms with Gasteiger partial charge in [-0.3, -0.25) is 10.1 Å². The van der Waals surface area contributed by atoms with E-state index >= 15 is 0 Å². The average molecular weight is 234 g/mol. The highest BCUT2D eigenvalue weighted by atomic mass is 16.3. The molecule has 92 valence electrons. The maximum atomic E-state index is 10.1. The van der Waals surface area contributed by atoms with E-state index in [-0.39, 0.29) is 5.54 Å². The molecule has 2 rings (SSSR count). The smallest absolute Gasteiger partial charge is 0.109 e. The molecule has 2 heterocycles. The minimum atomic E-state index is -0.629. The number of hydrogen-bond donors (Lipinski definition) is 3. The Morgan fingerprint density at radius 1 is 1.47 bits per heavy atom. The second-order valence-corrected chi connectivity index (χ2v) is 5.17. The molecule has 5 nitrogen and oxygen atoms in total. The summed E-state index contributed by atoms with van der Waals surface area (Å²) in [4.78, 5) is 4.23. The van der Waals surface area contributed by atoms with E-state index in [0.29, 0.717) is 12.2 Å². The second-order valence-electron chi connectivity index (χ2n) is 5.17. The molecular formula is C12H18N4O. The van der Waals surface area contributed by atoms with E-state index in [1.54, 1.807) is 12.4 Å². The van der Waals surface area contributed by atoms with Gasteiger partial charge in [0.2, 0.25) is 0 Å². The molecule has 0 radical (unpaired) electrons. The van der Waals surface area contributed by atoms with Crippen LogP contribution in [-0.2, 0) is 0 Å². The lowest BCUT2D eigenvalue weighted by Crippen LogP contribution is -2.38. The summed E-state index contributed by atoms with van der Waals surface area (Å²) in [5, 5.41) is 21.1. The van der Waals surface area contributed by atoms with Crippen LogP contribution in [0, 0.1) is 0 Å². The number of fused-ring (bicyclic) bond motifs is 1. The van der Waals surface area contributed by atoms with E-state index in [9.17, 15) is 5.11 Å². The Labute approximate surface area is 100 Å². The molecule has 0 bridgehead atoms. The zero-order chi connectivity index (χ0) is 12.5. The van der Waals surface area contributed by atoms with Gasteiger partial charge in [-0.15, -0.1) is 0 Å². The van der Waals surface area contributed by atoms with Crippen molar-refractivity contribution in [2.45, 2.75) is 32.4 Å². The minimum Gasteiger partial charge on any atom is -0.385 e. The van der Waals surface area contributed by atoms with Crippen LogP contribution in [0.2, 0.25) is 0 Å². The Bertz CT molecular complexity index is 500. The number of nitrogens with one attached hydrogen (secondary N) is 2. The predicted molar refractivity (Wildman–Crippen MR) is 66.6 cm³/mol. The summed E-state index contributed by atoms with van der Waals surface area (Å²) in [6, 6.07) is 1.84. The highest BCUT2D eigenvalue weighted by Crippen LogP contribution is 2.20. The third-order valence-electron chi connectivity index (χ3n) is 2.54. The van der Waals surface area contributed by atoms with Crippen molar-refractivity contribution in [3.05, 3.63) is 24.2 Å². The number of pyridine rings is 1. The molecule has 3 N–H and O–H groups in total. The molecule has 0 aliphatic carbocycles. The van der Waals surface area contributed by atoms with Gasteiger partial charge in [-0.2, -0.15) is 5.10 Å². The van der Waals surface area contributed by atoms with Gasteiger partial charge in [0.05, 0.1) is 17.4 Å². The first kappa shape index (κ1) is 12.0. The van der Waals surface area contributed by atoms with Crippen LogP contribution in [0.5, 0.6) is 0 Å². The molecule has 5 heteroatoms. The van der Waals surface area contributed by atoms with E-state index in [4.69, 9.17) is 0 Å². The van der Waals surface area contributed by atoms with Gasteiger partial charge in [-0.05, 0) is 26.8 Å². The second kappa shape index (κ2) is 4.43. The number of hydrogen-bond acceptors (Lipinski definition) is 4. The first-order valence-electron chi connectivity index (χ1n) is 5.68. The zero-order valence-electron chi connectivity index (χ0n) is 10.4. The van der Waals surface area contributed by atoms with Crippen molar-refractivity contribution < 1.29 is 5.11 Å². The summed E-state index contributed by atoms with van der Waals surface area (Å²) in [5.74, 6) is 0. The Morgan fingerprint density at radius 3 is 2.94 bits per heavy atom. The van der Waals surface area contributed by atoms with Crippen molar-refractivity contribution in [1.29, 1.82) is 0 Å². The van der Waals surface area contributed by atoms with Gasteiger partial charge in [-0.25, -0.2) is 0 Å². The van der Waals surface area contributed by atoms with Crippen molar-refractivity contribution in [2.75, 3.05) is 6.54 Å². The van der Waals surface area contributed by atoms with Gasteiger partial charge < -0.3 is 10.4 Å². The number of rotatable bonds is 3. The number of nitrogens with zero attached hydrogens (tertiary/aromatic N) is 2. The fourth-order valence-corrected chi connectivity index (χ4v) is 1.65. The molecular weight excluding hydrogens is 216 g/mol. The maximum Gasteiger partial charge on any atom is 0.109 e. The molecule has 0 spiro atoms. The van der Waals surface area contributed by atoms with Crippen LogP contribution >= 0.6 is 0 Å². The molecule has 0 unspecified atom stereocenters. The molecule has 2 aromatic rings. The van der Waals surface area contributed by atoms with Crippen molar-refractivity contribution in [2.24, 2.45) is 0 Å². The highest BCUT2D eigenvalue weighted by Gasteiger charge is 2.17. The fraction of sp³-hybridized carbons (Fsp3) is 0.500. The number of aromatic nitrogens is 3. The third-order valence-corrected chi connectivity index (χ3v) is 2.54. The van der Waals surface area contributed by atoms with E-state index in [0.717, 1.165) is 10.9 Å². The molecule has 0 aromatic carbocycles. The quantitative estimate of drug-likeness (QED) is 0.750. The van der Waals surface area contributed by atoms with Gasteiger partial charge in [0, 0.05) is 23.7 Å². The van der Waals surface area contributed by atoms with Gasteiger partial charge in [-0.1, -0.05) is 0 Å². The Hall–Kier alpha value is -1.46. The number of aliphatic hydroxyl groups is 1. The van der Waals surface area contributed by atoms with E-state index in [1.165, 1.54) is 0 Å². The lowest BCUT2D eigenvalue weighted by atomic mass is 10.1. The standard InChI is InChI=1S/C12H18N4O/c1-12(2,3)14-7-10(17)11-8-6-15-16-9(8)4-5-13-11/h4-6,10,14,17H,7H2,1-3H3,(H,15,16)/t10-/m0/s1. The Kier molecular flexibility index (Phi) is 3.13. The molecule has 0 saturated carbocycles.